The lowest BCUT2D eigenvalue weighted by Gasteiger charge is -2.33. The van der Waals surface area contributed by atoms with Crippen LogP contribution < -0.4 is 10.2 Å². The number of aromatic nitrogens is 5. The number of pyridine rings is 1. The second-order valence-electron chi connectivity index (χ2n) is 9.96. The van der Waals surface area contributed by atoms with Crippen LogP contribution in [0.1, 0.15) is 10.4 Å². The Morgan fingerprint density at radius 2 is 1.80 bits per heavy atom. The highest BCUT2D eigenvalue weighted by Gasteiger charge is 2.18. The molecule has 1 fully saturated rings. The number of piperazine rings is 1. The molecule has 174 valence electrons. The van der Waals surface area contributed by atoms with Crippen molar-refractivity contribution in [1.29, 1.82) is 0 Å². The van der Waals surface area contributed by atoms with E-state index >= 15 is 0 Å². The lowest BCUT2D eigenvalue weighted by atomic mass is 9.49. The van der Waals surface area contributed by atoms with Crippen LogP contribution in [0.5, 0.6) is 0 Å². The van der Waals surface area contributed by atoms with E-state index in [9.17, 15) is 4.79 Å². The van der Waals surface area contributed by atoms with Gasteiger partial charge in [0.15, 0.2) is 0 Å². The van der Waals surface area contributed by atoms with E-state index in [1.807, 2.05) is 41.3 Å². The number of amides is 1. The number of fused-ring (bicyclic) bond motifs is 1. The Balaban J connectivity index is 1.35. The lowest BCUT2D eigenvalue weighted by Crippen LogP contribution is -2.44. The molecule has 0 aliphatic carbocycles. The molecule has 5 rings (SSSR count). The number of rotatable bonds is 5. The van der Waals surface area contributed by atoms with E-state index in [2.05, 4.69) is 65.8 Å². The summed E-state index contributed by atoms with van der Waals surface area (Å²) in [5.41, 5.74) is 3.30. The average Bonchev–Trinajstić information content (AvgIpc) is 3.35. The predicted molar refractivity (Wildman–Crippen MR) is 146 cm³/mol. The van der Waals surface area contributed by atoms with Crippen LogP contribution in [0.4, 0.5) is 11.8 Å². The number of anilines is 2. The Labute approximate surface area is 207 Å². The number of hydrogen-bond acceptors (Lipinski definition) is 7. The predicted octanol–water partition coefficient (Wildman–Crippen LogP) is -0.641. The third kappa shape index (κ3) is 5.07. The number of nitrogens with one attached hydrogen (secondary N) is 1. The average molecular weight is 464 g/mol. The lowest BCUT2D eigenvalue weighted by molar-refractivity contribution is 0.102. The highest BCUT2D eigenvalue weighted by Crippen LogP contribution is 2.24. The summed E-state index contributed by atoms with van der Waals surface area (Å²) in [5, 5.41) is 8.14. The molecular weight excluding hydrogens is 437 g/mol. The number of carbonyl (C=O) groups excluding carboxylic acids is 1. The summed E-state index contributed by atoms with van der Waals surface area (Å²) in [6, 6.07) is 9.54. The Morgan fingerprint density at radius 3 is 2.54 bits per heavy atom. The fraction of sp³-hybridized carbons (Fsp3) is 0.261. The molecule has 1 saturated heterocycles. The smallest absolute Gasteiger partial charge is 0.258 e. The molecule has 0 unspecified atom stereocenters. The molecule has 4 heterocycles. The van der Waals surface area contributed by atoms with Crippen molar-refractivity contribution in [3.63, 3.8) is 0 Å². The fourth-order valence-corrected chi connectivity index (χ4v) is 4.04. The Morgan fingerprint density at radius 1 is 1.00 bits per heavy atom. The van der Waals surface area contributed by atoms with Gasteiger partial charge < -0.3 is 9.80 Å². The normalized spacial score (nSPS) is 14.8. The molecule has 3 aromatic heterocycles. The van der Waals surface area contributed by atoms with Crippen molar-refractivity contribution >= 4 is 52.1 Å². The minimum absolute atomic E-state index is 0.0914. The molecule has 1 N–H and O–H groups in total. The van der Waals surface area contributed by atoms with Gasteiger partial charge in [-0.05, 0) is 36.0 Å². The summed E-state index contributed by atoms with van der Waals surface area (Å²) in [6.45, 7) is 3.72. The first-order chi connectivity index (χ1) is 16.8. The van der Waals surface area contributed by atoms with Crippen LogP contribution in [0.2, 0.25) is 0 Å². The summed E-state index contributed by atoms with van der Waals surface area (Å²) in [6.07, 6.45) is 7.29. The van der Waals surface area contributed by atoms with Crippen LogP contribution >= 0.6 is 0 Å². The number of benzene rings is 1. The first kappa shape index (κ1) is 23.1. The van der Waals surface area contributed by atoms with Gasteiger partial charge in [-0.2, -0.15) is 5.10 Å². The van der Waals surface area contributed by atoms with Crippen LogP contribution in [0.15, 0.2) is 55.1 Å². The van der Waals surface area contributed by atoms with Gasteiger partial charge in [-0.1, -0.05) is 12.1 Å². The molecule has 12 heteroatoms. The summed E-state index contributed by atoms with van der Waals surface area (Å²) in [5.74, 6) is 0.818. The van der Waals surface area contributed by atoms with Crippen molar-refractivity contribution < 1.29 is 4.79 Å². The quantitative estimate of drug-likeness (QED) is 0.393. The van der Waals surface area contributed by atoms with Gasteiger partial charge in [0.2, 0.25) is 5.95 Å². The summed E-state index contributed by atoms with van der Waals surface area (Å²) >= 11 is 0. The number of carbonyl (C=O) groups is 1. The Hall–Kier alpha value is -3.66. The minimum atomic E-state index is -0.260. The highest BCUT2D eigenvalue weighted by atomic mass is 16.1. The van der Waals surface area contributed by atoms with Crippen LogP contribution in [0.3, 0.4) is 0 Å². The second kappa shape index (κ2) is 9.18. The van der Waals surface area contributed by atoms with E-state index < -0.39 is 0 Å². The maximum atomic E-state index is 13.0. The number of nitrogens with zero attached hydrogens (tertiary/aromatic N) is 7. The molecule has 0 radical (unpaired) electrons. The number of hydrogen-bond donors (Lipinski definition) is 1. The molecule has 1 amide bonds. The summed E-state index contributed by atoms with van der Waals surface area (Å²) < 4.78 is 1.95. The van der Waals surface area contributed by atoms with Gasteiger partial charge >= 0.3 is 0 Å². The maximum absolute atomic E-state index is 13.0. The zero-order valence-electron chi connectivity index (χ0n) is 20.6. The molecule has 9 nitrogen and oxygen atoms in total. The minimum Gasteiger partial charge on any atom is -0.354 e. The molecule has 0 atom stereocenters. The van der Waals surface area contributed by atoms with Crippen LogP contribution in [0.25, 0.3) is 22.0 Å². The molecule has 0 bridgehead atoms. The van der Waals surface area contributed by atoms with Crippen molar-refractivity contribution in [2.45, 2.75) is 5.24 Å². The molecule has 0 spiro atoms. The largest absolute Gasteiger partial charge is 0.354 e. The highest BCUT2D eigenvalue weighted by molar-refractivity contribution is 6.56. The standard InChI is InChI=1S/C23H27B3N8O/c1-32-6-8-33(9-7-32)20-11-16(4-5-27-20)21(35)31-22-28-12-17-3-2-15(10-19(17)30-22)18-13-29-34(14-18)23(24,25)26/h2-5,10-14H,6-9,24-26H2,1H3,(H,28,30,31,35). The first-order valence-corrected chi connectivity index (χ1v) is 11.8. The maximum Gasteiger partial charge on any atom is 0.258 e. The van der Waals surface area contributed by atoms with E-state index in [1.165, 1.54) is 0 Å². The van der Waals surface area contributed by atoms with E-state index in [-0.39, 0.29) is 17.1 Å². The number of likely N-dealkylation sites (N-methyl/N-ethyl adjacent to an activating group) is 1. The van der Waals surface area contributed by atoms with Crippen molar-refractivity contribution in [1.82, 2.24) is 29.6 Å². The zero-order chi connectivity index (χ0) is 24.6. The fourth-order valence-electron chi connectivity index (χ4n) is 4.04. The van der Waals surface area contributed by atoms with E-state index in [0.717, 1.165) is 54.0 Å². The van der Waals surface area contributed by atoms with Gasteiger partial charge in [0.25, 0.3) is 5.91 Å². The van der Waals surface area contributed by atoms with Gasteiger partial charge in [-0.3, -0.25) is 14.8 Å². The van der Waals surface area contributed by atoms with Gasteiger partial charge in [0.1, 0.15) is 29.4 Å². The molecule has 1 aliphatic heterocycles. The van der Waals surface area contributed by atoms with Crippen LogP contribution in [-0.4, -0.2) is 92.3 Å². The van der Waals surface area contributed by atoms with Crippen molar-refractivity contribution in [3.05, 3.63) is 60.7 Å². The molecule has 35 heavy (non-hydrogen) atoms. The third-order valence-electron chi connectivity index (χ3n) is 6.25. The van der Waals surface area contributed by atoms with Crippen LogP contribution in [-0.2, 0) is 5.24 Å². The molecule has 1 aliphatic rings. The Bertz CT molecular complexity index is 1380. The van der Waals surface area contributed by atoms with E-state index in [0.29, 0.717) is 5.56 Å². The SMILES string of the molecule is BC(B)(B)n1cc(-c2ccc3cnc(NC(=O)c4ccnc(N5CCN(C)CC5)c4)nc3c2)cn1. The molecule has 0 saturated carbocycles. The molecule has 4 aromatic rings. The van der Waals surface area contributed by atoms with Gasteiger partial charge in [0.05, 0.1) is 11.7 Å². The molecular formula is C23H27B3N8O. The third-order valence-corrected chi connectivity index (χ3v) is 6.25. The Kier molecular flexibility index (Phi) is 6.06. The molecule has 1 aromatic carbocycles. The second-order valence-corrected chi connectivity index (χ2v) is 9.96. The van der Waals surface area contributed by atoms with E-state index in [4.69, 9.17) is 0 Å². The van der Waals surface area contributed by atoms with Gasteiger partial charge in [0, 0.05) is 61.3 Å². The topological polar surface area (TPSA) is 92.1 Å². The summed E-state index contributed by atoms with van der Waals surface area (Å²) in [7, 11) is 8.45. The summed E-state index contributed by atoms with van der Waals surface area (Å²) in [4.78, 5) is 30.9. The van der Waals surface area contributed by atoms with Gasteiger partial charge in [-0.15, -0.1) is 0 Å². The van der Waals surface area contributed by atoms with Crippen LogP contribution in [0, 0.1) is 0 Å². The zero-order valence-corrected chi connectivity index (χ0v) is 20.6. The first-order valence-electron chi connectivity index (χ1n) is 11.8. The van der Waals surface area contributed by atoms with Crippen molar-refractivity contribution in [3.8, 4) is 11.1 Å². The van der Waals surface area contributed by atoms with Crippen molar-refractivity contribution in [2.75, 3.05) is 43.4 Å². The van der Waals surface area contributed by atoms with E-state index in [1.54, 1.807) is 18.5 Å². The monoisotopic (exact) mass is 464 g/mol. The van der Waals surface area contributed by atoms with Gasteiger partial charge in [-0.25, -0.2) is 15.0 Å². The van der Waals surface area contributed by atoms with Crippen molar-refractivity contribution in [2.24, 2.45) is 0 Å².